The molecule has 31 heavy (non-hydrogen) atoms. The maximum Gasteiger partial charge on any atom is 0.276 e. The number of fused-ring (bicyclic) bond motifs is 4. The minimum Gasteiger partial charge on any atom is -0.454 e. The number of rotatable bonds is 2. The van der Waals surface area contributed by atoms with Crippen LogP contribution in [0, 0.1) is 6.92 Å². The molecule has 0 saturated carbocycles. The van der Waals surface area contributed by atoms with Gasteiger partial charge in [0.25, 0.3) is 11.8 Å². The van der Waals surface area contributed by atoms with E-state index in [-0.39, 0.29) is 25.2 Å². The van der Waals surface area contributed by atoms with Crippen LogP contribution in [0.1, 0.15) is 27.0 Å². The number of para-hydroxylation sites is 1. The van der Waals surface area contributed by atoms with Crippen molar-refractivity contribution in [3.63, 3.8) is 0 Å². The highest BCUT2D eigenvalue weighted by Gasteiger charge is 2.56. The molecule has 0 fully saturated rings. The number of nitrogens with zero attached hydrogens (tertiary/aromatic N) is 1. The molecule has 0 unspecified atom stereocenters. The van der Waals surface area contributed by atoms with E-state index in [1.165, 1.54) is 0 Å². The third kappa shape index (κ3) is 2.46. The molecule has 3 heterocycles. The second-order valence-electron chi connectivity index (χ2n) is 7.96. The summed E-state index contributed by atoms with van der Waals surface area (Å²) in [5, 5.41) is 6.35. The lowest BCUT2D eigenvalue weighted by Crippen LogP contribution is -2.60. The number of ether oxygens (including phenoxy) is 2. The van der Waals surface area contributed by atoms with Crippen LogP contribution in [0.4, 0.5) is 11.4 Å². The van der Waals surface area contributed by atoms with Gasteiger partial charge in [-0.25, -0.2) is 0 Å². The first-order valence-corrected chi connectivity index (χ1v) is 10.1. The van der Waals surface area contributed by atoms with Crippen molar-refractivity contribution >= 4 is 23.2 Å². The van der Waals surface area contributed by atoms with Crippen molar-refractivity contribution in [2.75, 3.05) is 17.4 Å². The van der Waals surface area contributed by atoms with Gasteiger partial charge in [0.2, 0.25) is 12.5 Å². The summed E-state index contributed by atoms with van der Waals surface area (Å²) in [6.07, 6.45) is 0. The number of anilines is 2. The number of nitrogens with one attached hydrogen (secondary N) is 2. The molecule has 0 radical (unpaired) electrons. The standard InChI is InChI=1S/C24H19N3O4/c1-14-6-8-19-17(10-14)24(23(29)25-19)26-18-5-3-2-4-16(18)22(28)27(24)12-15-7-9-20-21(11-15)31-13-30-20/h2-11,26H,12-13H2,1H3,(H,25,29)/t24-/m1/s1. The SMILES string of the molecule is Cc1ccc2c(c1)[C@]1(Nc3ccccc3C(=O)N1Cc1ccc3c(c1)OCO3)C(=O)N2. The van der Waals surface area contributed by atoms with Crippen LogP contribution in [0.25, 0.3) is 0 Å². The van der Waals surface area contributed by atoms with Crippen LogP contribution in [0.5, 0.6) is 11.5 Å². The maximum absolute atomic E-state index is 13.7. The zero-order chi connectivity index (χ0) is 21.2. The molecule has 0 aromatic heterocycles. The lowest BCUT2D eigenvalue weighted by atomic mass is 9.91. The van der Waals surface area contributed by atoms with E-state index in [2.05, 4.69) is 10.6 Å². The summed E-state index contributed by atoms with van der Waals surface area (Å²) in [5.74, 6) is 0.816. The average molecular weight is 413 g/mol. The molecule has 6 rings (SSSR count). The highest BCUT2D eigenvalue weighted by Crippen LogP contribution is 2.46. The summed E-state index contributed by atoms with van der Waals surface area (Å²) < 4.78 is 10.9. The number of amides is 2. The second-order valence-corrected chi connectivity index (χ2v) is 7.96. The minimum atomic E-state index is -1.34. The molecule has 2 N–H and O–H groups in total. The molecule has 154 valence electrons. The third-order valence-corrected chi connectivity index (χ3v) is 6.04. The highest BCUT2D eigenvalue weighted by atomic mass is 16.7. The lowest BCUT2D eigenvalue weighted by molar-refractivity contribution is -0.125. The Morgan fingerprint density at radius 2 is 1.81 bits per heavy atom. The number of aryl methyl sites for hydroxylation is 1. The van der Waals surface area contributed by atoms with Crippen LogP contribution in [0.15, 0.2) is 60.7 Å². The van der Waals surface area contributed by atoms with Gasteiger partial charge in [-0.1, -0.05) is 29.8 Å². The van der Waals surface area contributed by atoms with Gasteiger partial charge in [0.15, 0.2) is 11.5 Å². The molecule has 1 spiro atoms. The van der Waals surface area contributed by atoms with Gasteiger partial charge in [-0.05, 0) is 48.9 Å². The molecule has 1 atom stereocenters. The third-order valence-electron chi connectivity index (χ3n) is 6.04. The van der Waals surface area contributed by atoms with Crippen molar-refractivity contribution in [2.24, 2.45) is 0 Å². The predicted molar refractivity (Wildman–Crippen MR) is 114 cm³/mol. The molecule has 3 aromatic carbocycles. The van der Waals surface area contributed by atoms with Crippen molar-refractivity contribution in [1.82, 2.24) is 4.90 Å². The van der Waals surface area contributed by atoms with E-state index < -0.39 is 5.66 Å². The first-order valence-electron chi connectivity index (χ1n) is 10.1. The second kappa shape index (κ2) is 6.25. The topological polar surface area (TPSA) is 79.9 Å². The predicted octanol–water partition coefficient (Wildman–Crippen LogP) is 3.60. The Kier molecular flexibility index (Phi) is 3.59. The van der Waals surface area contributed by atoms with Gasteiger partial charge < -0.3 is 20.1 Å². The summed E-state index contributed by atoms with van der Waals surface area (Å²) in [4.78, 5) is 28.8. The van der Waals surface area contributed by atoms with Crippen molar-refractivity contribution in [3.05, 3.63) is 82.9 Å². The van der Waals surface area contributed by atoms with Gasteiger partial charge in [0.05, 0.1) is 5.56 Å². The Balaban J connectivity index is 1.53. The smallest absolute Gasteiger partial charge is 0.276 e. The first-order chi connectivity index (χ1) is 15.1. The van der Waals surface area contributed by atoms with E-state index in [0.717, 1.165) is 16.7 Å². The van der Waals surface area contributed by atoms with Gasteiger partial charge in [-0.3, -0.25) is 14.5 Å². The Morgan fingerprint density at radius 1 is 0.968 bits per heavy atom. The Hall–Kier alpha value is -4.00. The van der Waals surface area contributed by atoms with Crippen LogP contribution in [-0.4, -0.2) is 23.5 Å². The van der Waals surface area contributed by atoms with E-state index in [1.54, 1.807) is 11.0 Å². The molecule has 2 amide bonds. The molecule has 0 saturated heterocycles. The van der Waals surface area contributed by atoms with Gasteiger partial charge >= 0.3 is 0 Å². The number of carbonyl (C=O) groups excluding carboxylic acids is 2. The molecule has 0 aliphatic carbocycles. The monoisotopic (exact) mass is 413 g/mol. The largest absolute Gasteiger partial charge is 0.454 e. The van der Waals surface area contributed by atoms with Crippen molar-refractivity contribution < 1.29 is 19.1 Å². The van der Waals surface area contributed by atoms with Crippen LogP contribution >= 0.6 is 0 Å². The number of benzene rings is 3. The van der Waals surface area contributed by atoms with Crippen molar-refractivity contribution in [1.29, 1.82) is 0 Å². The quantitative estimate of drug-likeness (QED) is 0.671. The zero-order valence-electron chi connectivity index (χ0n) is 16.8. The summed E-state index contributed by atoms with van der Waals surface area (Å²) in [6.45, 7) is 2.37. The molecule has 7 heteroatoms. The van der Waals surface area contributed by atoms with E-state index in [9.17, 15) is 9.59 Å². The van der Waals surface area contributed by atoms with Crippen LogP contribution < -0.4 is 20.1 Å². The molecular weight excluding hydrogens is 394 g/mol. The fourth-order valence-corrected chi connectivity index (χ4v) is 4.54. The normalized spacial score (nSPS) is 20.4. The van der Waals surface area contributed by atoms with Crippen molar-refractivity contribution in [3.8, 4) is 11.5 Å². The zero-order valence-corrected chi connectivity index (χ0v) is 16.8. The fourth-order valence-electron chi connectivity index (χ4n) is 4.54. The highest BCUT2D eigenvalue weighted by molar-refractivity contribution is 6.14. The number of hydrogen-bond donors (Lipinski definition) is 2. The van der Waals surface area contributed by atoms with Gasteiger partial charge in [-0.15, -0.1) is 0 Å². The average Bonchev–Trinajstić information content (AvgIpc) is 3.34. The summed E-state index contributed by atoms with van der Waals surface area (Å²) in [5.41, 5.74) is 3.11. The Labute approximate surface area is 178 Å². The molecule has 3 aliphatic heterocycles. The first kappa shape index (κ1) is 17.8. The van der Waals surface area contributed by atoms with Crippen LogP contribution in [-0.2, 0) is 17.0 Å². The Bertz CT molecular complexity index is 1270. The van der Waals surface area contributed by atoms with E-state index in [0.29, 0.717) is 28.4 Å². The lowest BCUT2D eigenvalue weighted by Gasteiger charge is -2.44. The van der Waals surface area contributed by atoms with Crippen LogP contribution in [0.3, 0.4) is 0 Å². The van der Waals surface area contributed by atoms with Gasteiger partial charge in [0.1, 0.15) is 0 Å². The molecule has 3 aliphatic rings. The van der Waals surface area contributed by atoms with E-state index in [1.807, 2.05) is 61.5 Å². The molecular formula is C24H19N3O4. The Morgan fingerprint density at radius 3 is 2.71 bits per heavy atom. The molecule has 3 aromatic rings. The van der Waals surface area contributed by atoms with E-state index >= 15 is 0 Å². The summed E-state index contributed by atoms with van der Waals surface area (Å²) >= 11 is 0. The fraction of sp³-hybridized carbons (Fsp3) is 0.167. The summed E-state index contributed by atoms with van der Waals surface area (Å²) in [6, 6.07) is 18.6. The molecule has 7 nitrogen and oxygen atoms in total. The van der Waals surface area contributed by atoms with Gasteiger partial charge in [-0.2, -0.15) is 0 Å². The summed E-state index contributed by atoms with van der Waals surface area (Å²) in [7, 11) is 0. The van der Waals surface area contributed by atoms with Gasteiger partial charge in [0, 0.05) is 23.5 Å². The number of carbonyl (C=O) groups is 2. The number of hydrogen-bond acceptors (Lipinski definition) is 5. The van der Waals surface area contributed by atoms with Crippen molar-refractivity contribution in [2.45, 2.75) is 19.1 Å². The maximum atomic E-state index is 13.7. The minimum absolute atomic E-state index is 0.176. The van der Waals surface area contributed by atoms with E-state index in [4.69, 9.17) is 9.47 Å². The molecule has 0 bridgehead atoms. The van der Waals surface area contributed by atoms with Crippen LogP contribution in [0.2, 0.25) is 0 Å².